The van der Waals surface area contributed by atoms with Crippen LogP contribution in [0.2, 0.25) is 0 Å². The average molecular weight is 453 g/mol. The third-order valence-electron chi connectivity index (χ3n) is 5.38. The number of hydrogen-bond donors (Lipinski definition) is 0. The van der Waals surface area contributed by atoms with Gasteiger partial charge in [0.25, 0.3) is 0 Å². The molecular weight excluding hydrogens is 412 g/mol. The molecule has 0 saturated carbocycles. The Balaban J connectivity index is 2.04. The molecule has 0 bridgehead atoms. The summed E-state index contributed by atoms with van der Waals surface area (Å²) in [7, 11) is 0. The number of benzene rings is 2. The van der Waals surface area contributed by atoms with Gasteiger partial charge in [-0.05, 0) is 49.2 Å². The van der Waals surface area contributed by atoms with Crippen molar-refractivity contribution < 1.29 is 18.9 Å². The normalized spacial score (nSPS) is 13.3. The smallest absolute Gasteiger partial charge is 0.199 e. The van der Waals surface area contributed by atoms with Crippen LogP contribution in [0.4, 0.5) is 0 Å². The number of hydrogen-bond acceptors (Lipinski definition) is 4. The van der Waals surface area contributed by atoms with E-state index in [9.17, 15) is 0 Å². The van der Waals surface area contributed by atoms with Crippen molar-refractivity contribution in [1.82, 2.24) is 0 Å². The molecule has 4 heteroatoms. The molecular formula is C29H40O4. The fourth-order valence-corrected chi connectivity index (χ4v) is 3.31. The summed E-state index contributed by atoms with van der Waals surface area (Å²) in [6.45, 7) is 21.2. The van der Waals surface area contributed by atoms with Gasteiger partial charge in [-0.15, -0.1) is 0 Å². The Bertz CT molecular complexity index is 807. The van der Waals surface area contributed by atoms with Gasteiger partial charge in [-0.3, -0.25) is 0 Å². The molecule has 0 saturated heterocycles. The van der Waals surface area contributed by atoms with Gasteiger partial charge in [0.15, 0.2) is 12.6 Å². The summed E-state index contributed by atoms with van der Waals surface area (Å²) < 4.78 is 23.5. The van der Waals surface area contributed by atoms with E-state index in [-0.39, 0.29) is 18.0 Å². The molecule has 0 spiro atoms. The van der Waals surface area contributed by atoms with Gasteiger partial charge >= 0.3 is 0 Å². The van der Waals surface area contributed by atoms with Gasteiger partial charge in [-0.2, -0.15) is 0 Å². The lowest BCUT2D eigenvalue weighted by atomic mass is 9.78. The molecule has 0 aliphatic rings. The summed E-state index contributed by atoms with van der Waals surface area (Å²) in [5, 5.41) is 0. The molecule has 4 nitrogen and oxygen atoms in total. The molecule has 0 heterocycles. The third-order valence-corrected chi connectivity index (χ3v) is 5.38. The molecule has 0 amide bonds. The molecule has 0 aromatic heterocycles. The van der Waals surface area contributed by atoms with Gasteiger partial charge in [0, 0.05) is 18.3 Å². The van der Waals surface area contributed by atoms with E-state index in [1.165, 1.54) is 11.1 Å². The monoisotopic (exact) mass is 452 g/mol. The average Bonchev–Trinajstić information content (AvgIpc) is 2.79. The SMILES string of the molecule is C=C(C)COC(CC)Oc1ccc(C(C)(C)c2ccc(OC(CC)OCC(=C)C)cc2)cc1. The Morgan fingerprint density at radius 1 is 0.697 bits per heavy atom. The molecule has 33 heavy (non-hydrogen) atoms. The highest BCUT2D eigenvalue weighted by Crippen LogP contribution is 2.33. The van der Waals surface area contributed by atoms with Crippen molar-refractivity contribution in [3.05, 3.63) is 84.0 Å². The summed E-state index contributed by atoms with van der Waals surface area (Å²) in [4.78, 5) is 0. The van der Waals surface area contributed by atoms with E-state index < -0.39 is 0 Å². The fraction of sp³-hybridized carbons (Fsp3) is 0.448. The van der Waals surface area contributed by atoms with E-state index in [1.807, 2.05) is 52.0 Å². The highest BCUT2D eigenvalue weighted by atomic mass is 16.7. The first kappa shape index (κ1) is 26.7. The van der Waals surface area contributed by atoms with E-state index in [0.717, 1.165) is 35.5 Å². The van der Waals surface area contributed by atoms with Crippen LogP contribution >= 0.6 is 0 Å². The summed E-state index contributed by atoms with van der Waals surface area (Å²) in [6, 6.07) is 16.5. The molecule has 2 atom stereocenters. The Morgan fingerprint density at radius 2 is 1.03 bits per heavy atom. The lowest BCUT2D eigenvalue weighted by Gasteiger charge is -2.27. The summed E-state index contributed by atoms with van der Waals surface area (Å²) in [6.07, 6.45) is 0.983. The predicted octanol–water partition coefficient (Wildman–Crippen LogP) is 7.43. The minimum absolute atomic E-state index is 0.168. The van der Waals surface area contributed by atoms with Crippen LogP contribution in [-0.2, 0) is 14.9 Å². The van der Waals surface area contributed by atoms with Crippen LogP contribution in [0.25, 0.3) is 0 Å². The van der Waals surface area contributed by atoms with Crippen LogP contribution in [0.15, 0.2) is 72.8 Å². The zero-order valence-electron chi connectivity index (χ0n) is 21.1. The Morgan fingerprint density at radius 3 is 1.30 bits per heavy atom. The Kier molecular flexibility index (Phi) is 10.2. The van der Waals surface area contributed by atoms with Gasteiger partial charge in [-0.25, -0.2) is 0 Å². The highest BCUT2D eigenvalue weighted by molar-refractivity contribution is 5.41. The molecule has 2 aromatic carbocycles. The number of rotatable bonds is 14. The molecule has 0 N–H and O–H groups in total. The fourth-order valence-electron chi connectivity index (χ4n) is 3.31. The first-order valence-corrected chi connectivity index (χ1v) is 11.7. The Labute approximate surface area is 200 Å². The second-order valence-electron chi connectivity index (χ2n) is 9.12. The van der Waals surface area contributed by atoms with Gasteiger partial charge in [-0.1, -0.05) is 76.3 Å². The van der Waals surface area contributed by atoms with E-state index in [1.54, 1.807) is 0 Å². The lowest BCUT2D eigenvalue weighted by Crippen LogP contribution is -2.22. The molecule has 2 unspecified atom stereocenters. The number of ether oxygens (including phenoxy) is 4. The minimum Gasteiger partial charge on any atom is -0.465 e. The molecule has 0 aliphatic carbocycles. The van der Waals surface area contributed by atoms with Crippen molar-refractivity contribution in [3.8, 4) is 11.5 Å². The molecule has 0 radical (unpaired) electrons. The summed E-state index contributed by atoms with van der Waals surface area (Å²) >= 11 is 0. The first-order valence-electron chi connectivity index (χ1n) is 11.7. The molecule has 0 fully saturated rings. The summed E-state index contributed by atoms with van der Waals surface area (Å²) in [5.74, 6) is 1.60. The summed E-state index contributed by atoms with van der Waals surface area (Å²) in [5.41, 5.74) is 4.20. The van der Waals surface area contributed by atoms with Crippen LogP contribution in [0.5, 0.6) is 11.5 Å². The largest absolute Gasteiger partial charge is 0.465 e. The van der Waals surface area contributed by atoms with Gasteiger partial charge in [0.05, 0.1) is 13.2 Å². The van der Waals surface area contributed by atoms with Crippen molar-refractivity contribution in [2.75, 3.05) is 13.2 Å². The van der Waals surface area contributed by atoms with Crippen molar-refractivity contribution in [3.63, 3.8) is 0 Å². The third kappa shape index (κ3) is 8.38. The van der Waals surface area contributed by atoms with E-state index in [2.05, 4.69) is 51.3 Å². The van der Waals surface area contributed by atoms with Crippen molar-refractivity contribution in [2.24, 2.45) is 0 Å². The van der Waals surface area contributed by atoms with Crippen LogP contribution < -0.4 is 9.47 Å². The first-order chi connectivity index (χ1) is 15.6. The maximum Gasteiger partial charge on any atom is 0.199 e. The van der Waals surface area contributed by atoms with E-state index in [4.69, 9.17) is 18.9 Å². The molecule has 0 aliphatic heterocycles. The topological polar surface area (TPSA) is 36.9 Å². The standard InChI is InChI=1S/C29H40O4/c1-9-27(30-19-21(3)4)32-25-15-11-23(12-16-25)29(7,8)24-13-17-26(18-14-24)33-28(10-2)31-20-22(5)6/h11-18,27-28H,3,5,9-10,19-20H2,1-2,4,6-8H3. The quantitative estimate of drug-likeness (QED) is 0.221. The Hall–Kier alpha value is -2.56. The molecule has 2 rings (SSSR count). The van der Waals surface area contributed by atoms with Crippen molar-refractivity contribution in [2.45, 2.75) is 72.4 Å². The zero-order chi connectivity index (χ0) is 24.4. The maximum atomic E-state index is 5.99. The van der Waals surface area contributed by atoms with Crippen molar-refractivity contribution >= 4 is 0 Å². The maximum absolute atomic E-state index is 5.99. The van der Waals surface area contributed by atoms with Gasteiger partial charge in [0.2, 0.25) is 0 Å². The molecule has 2 aromatic rings. The highest BCUT2D eigenvalue weighted by Gasteiger charge is 2.23. The second-order valence-corrected chi connectivity index (χ2v) is 9.12. The second kappa shape index (κ2) is 12.6. The zero-order valence-corrected chi connectivity index (χ0v) is 21.1. The van der Waals surface area contributed by atoms with Crippen LogP contribution in [0.1, 0.15) is 65.5 Å². The van der Waals surface area contributed by atoms with E-state index in [0.29, 0.717) is 13.2 Å². The molecule has 180 valence electrons. The van der Waals surface area contributed by atoms with Gasteiger partial charge in [0.1, 0.15) is 11.5 Å². The van der Waals surface area contributed by atoms with Crippen LogP contribution in [0, 0.1) is 0 Å². The van der Waals surface area contributed by atoms with E-state index >= 15 is 0 Å². The van der Waals surface area contributed by atoms with Crippen LogP contribution in [0.3, 0.4) is 0 Å². The lowest BCUT2D eigenvalue weighted by molar-refractivity contribution is -0.0730. The predicted molar refractivity (Wildman–Crippen MR) is 136 cm³/mol. The minimum atomic E-state index is -0.278. The van der Waals surface area contributed by atoms with Gasteiger partial charge < -0.3 is 18.9 Å². The van der Waals surface area contributed by atoms with Crippen LogP contribution in [-0.4, -0.2) is 25.8 Å². The van der Waals surface area contributed by atoms with Crippen molar-refractivity contribution in [1.29, 1.82) is 0 Å².